The normalized spacial score (nSPS) is 11.7. The van der Waals surface area contributed by atoms with Crippen molar-refractivity contribution >= 4 is 11.8 Å². The molecule has 0 saturated heterocycles. The van der Waals surface area contributed by atoms with E-state index in [0.717, 1.165) is 5.56 Å². The Hall–Kier alpha value is -3.62. The van der Waals surface area contributed by atoms with Crippen LogP contribution in [0.15, 0.2) is 51.6 Å². The van der Waals surface area contributed by atoms with Crippen molar-refractivity contribution in [1.29, 1.82) is 0 Å². The Labute approximate surface area is 167 Å². The topological polar surface area (TPSA) is 119 Å². The molecule has 3 rings (SSSR count). The van der Waals surface area contributed by atoms with Crippen molar-refractivity contribution in [3.63, 3.8) is 0 Å². The van der Waals surface area contributed by atoms with Crippen molar-refractivity contribution < 1.29 is 23.3 Å². The Morgan fingerprint density at radius 2 is 2.10 bits per heavy atom. The number of benzene rings is 1. The van der Waals surface area contributed by atoms with E-state index >= 15 is 0 Å². The number of methoxy groups -OCH3 is 1. The zero-order valence-electron chi connectivity index (χ0n) is 16.2. The lowest BCUT2D eigenvalue weighted by Gasteiger charge is -2.09. The Balaban J connectivity index is 1.45. The van der Waals surface area contributed by atoms with Gasteiger partial charge in [-0.05, 0) is 37.6 Å². The molecule has 0 radical (unpaired) electrons. The van der Waals surface area contributed by atoms with Crippen LogP contribution in [0.1, 0.15) is 42.3 Å². The largest absolute Gasteiger partial charge is 0.497 e. The molecule has 2 heterocycles. The summed E-state index contributed by atoms with van der Waals surface area (Å²) in [6, 6.07) is 10.1. The highest BCUT2D eigenvalue weighted by Crippen LogP contribution is 2.22. The molecule has 0 spiro atoms. The molecule has 29 heavy (non-hydrogen) atoms. The molecule has 0 fully saturated rings. The van der Waals surface area contributed by atoms with Gasteiger partial charge in [0.15, 0.2) is 5.76 Å². The minimum absolute atomic E-state index is 0.175. The monoisotopic (exact) mass is 398 g/mol. The molecule has 152 valence electrons. The molecule has 0 aliphatic rings. The highest BCUT2D eigenvalue weighted by atomic mass is 16.5. The van der Waals surface area contributed by atoms with Crippen LogP contribution < -0.4 is 15.4 Å². The average Bonchev–Trinajstić information content (AvgIpc) is 3.43. The smallest absolute Gasteiger partial charge is 0.286 e. The quantitative estimate of drug-likeness (QED) is 0.532. The number of ether oxygens (including phenoxy) is 1. The van der Waals surface area contributed by atoms with E-state index in [4.69, 9.17) is 13.7 Å². The van der Waals surface area contributed by atoms with Crippen LogP contribution in [0.4, 0.5) is 0 Å². The third-order valence-electron chi connectivity index (χ3n) is 4.13. The Kier molecular flexibility index (Phi) is 6.62. The first kappa shape index (κ1) is 20.1. The molecule has 1 aromatic carbocycles. The van der Waals surface area contributed by atoms with Gasteiger partial charge in [-0.1, -0.05) is 17.3 Å². The molecule has 0 aliphatic heterocycles. The predicted octanol–water partition coefficient (Wildman–Crippen LogP) is 2.73. The molecule has 3 aromatic rings. The van der Waals surface area contributed by atoms with Gasteiger partial charge in [0, 0.05) is 18.5 Å². The second kappa shape index (κ2) is 9.54. The lowest BCUT2D eigenvalue weighted by Crippen LogP contribution is -2.29. The maximum atomic E-state index is 12.1. The SMILES string of the molecule is COc1cccc(-c2noc([C@H](C)NC(=O)CCCNC(=O)c3ccco3)n2)c1. The summed E-state index contributed by atoms with van der Waals surface area (Å²) in [5, 5.41) is 9.46. The summed E-state index contributed by atoms with van der Waals surface area (Å²) >= 11 is 0. The first-order valence-electron chi connectivity index (χ1n) is 9.16. The number of carbonyl (C=O) groups excluding carboxylic acids is 2. The third-order valence-corrected chi connectivity index (χ3v) is 4.13. The molecule has 0 bridgehead atoms. The van der Waals surface area contributed by atoms with Crippen molar-refractivity contribution in [2.75, 3.05) is 13.7 Å². The molecule has 2 aromatic heterocycles. The highest BCUT2D eigenvalue weighted by Gasteiger charge is 2.17. The number of nitrogens with zero attached hydrogens (tertiary/aromatic N) is 2. The predicted molar refractivity (Wildman–Crippen MR) is 103 cm³/mol. The van der Waals surface area contributed by atoms with Gasteiger partial charge in [-0.3, -0.25) is 9.59 Å². The van der Waals surface area contributed by atoms with E-state index in [-0.39, 0.29) is 24.0 Å². The number of rotatable bonds is 9. The van der Waals surface area contributed by atoms with Crippen LogP contribution in [0.3, 0.4) is 0 Å². The fourth-order valence-electron chi connectivity index (χ4n) is 2.61. The van der Waals surface area contributed by atoms with Gasteiger partial charge in [-0.25, -0.2) is 0 Å². The van der Waals surface area contributed by atoms with Gasteiger partial charge in [0.2, 0.25) is 17.6 Å². The first-order valence-corrected chi connectivity index (χ1v) is 9.16. The molecule has 0 unspecified atom stereocenters. The fraction of sp³-hybridized carbons (Fsp3) is 0.300. The van der Waals surface area contributed by atoms with Crippen LogP contribution >= 0.6 is 0 Å². The number of carbonyl (C=O) groups is 2. The molecule has 0 saturated carbocycles. The van der Waals surface area contributed by atoms with E-state index in [2.05, 4.69) is 20.8 Å². The standard InChI is InChI=1S/C20H22N4O5/c1-13(20-23-18(24-29-20)14-6-3-7-15(12-14)27-2)22-17(25)9-4-10-21-19(26)16-8-5-11-28-16/h3,5-8,11-13H,4,9-10H2,1-2H3,(H,21,26)(H,22,25)/t13-/m0/s1. The number of amides is 2. The number of nitrogens with one attached hydrogen (secondary N) is 2. The number of hydrogen-bond acceptors (Lipinski definition) is 7. The van der Waals surface area contributed by atoms with Crippen molar-refractivity contribution in [2.24, 2.45) is 0 Å². The Morgan fingerprint density at radius 1 is 1.24 bits per heavy atom. The number of furan rings is 1. The van der Waals surface area contributed by atoms with Crippen molar-refractivity contribution in [3.05, 3.63) is 54.3 Å². The molecule has 2 amide bonds. The molecule has 9 nitrogen and oxygen atoms in total. The van der Waals surface area contributed by atoms with Gasteiger partial charge in [0.05, 0.1) is 13.4 Å². The number of hydrogen-bond donors (Lipinski definition) is 2. The first-order chi connectivity index (χ1) is 14.1. The average molecular weight is 398 g/mol. The third kappa shape index (κ3) is 5.44. The van der Waals surface area contributed by atoms with Gasteiger partial charge in [-0.2, -0.15) is 4.98 Å². The van der Waals surface area contributed by atoms with Crippen LogP contribution in [0.5, 0.6) is 5.75 Å². The van der Waals surface area contributed by atoms with E-state index in [1.807, 2.05) is 18.2 Å². The molecule has 0 aliphatic carbocycles. The van der Waals surface area contributed by atoms with Crippen LogP contribution in [-0.2, 0) is 4.79 Å². The molecule has 1 atom stereocenters. The summed E-state index contributed by atoms with van der Waals surface area (Å²) in [7, 11) is 1.58. The van der Waals surface area contributed by atoms with Crippen LogP contribution in [0, 0.1) is 0 Å². The van der Waals surface area contributed by atoms with Gasteiger partial charge >= 0.3 is 0 Å². The van der Waals surface area contributed by atoms with Gasteiger partial charge in [0.25, 0.3) is 5.91 Å². The summed E-state index contributed by atoms with van der Waals surface area (Å²) in [6.45, 7) is 2.13. The van der Waals surface area contributed by atoms with Crippen LogP contribution in [0.2, 0.25) is 0 Å². The maximum Gasteiger partial charge on any atom is 0.286 e. The fourth-order valence-corrected chi connectivity index (χ4v) is 2.61. The van der Waals surface area contributed by atoms with Gasteiger partial charge < -0.3 is 24.3 Å². The second-order valence-electron chi connectivity index (χ2n) is 6.31. The van der Waals surface area contributed by atoms with Crippen LogP contribution in [0.25, 0.3) is 11.4 Å². The van der Waals surface area contributed by atoms with E-state index in [9.17, 15) is 9.59 Å². The zero-order chi connectivity index (χ0) is 20.6. The van der Waals surface area contributed by atoms with Crippen molar-refractivity contribution in [1.82, 2.24) is 20.8 Å². The van der Waals surface area contributed by atoms with E-state index in [0.29, 0.717) is 30.4 Å². The lowest BCUT2D eigenvalue weighted by atomic mass is 10.2. The van der Waals surface area contributed by atoms with Gasteiger partial charge in [-0.15, -0.1) is 0 Å². The summed E-state index contributed by atoms with van der Waals surface area (Å²) in [6.07, 6.45) is 2.17. The van der Waals surface area contributed by atoms with E-state index in [1.165, 1.54) is 6.26 Å². The molecular formula is C20H22N4O5. The van der Waals surface area contributed by atoms with Crippen molar-refractivity contribution in [2.45, 2.75) is 25.8 Å². The lowest BCUT2D eigenvalue weighted by molar-refractivity contribution is -0.122. The summed E-state index contributed by atoms with van der Waals surface area (Å²) in [5.41, 5.74) is 0.755. The maximum absolute atomic E-state index is 12.1. The molecular weight excluding hydrogens is 376 g/mol. The molecule has 2 N–H and O–H groups in total. The molecule has 9 heteroatoms. The summed E-state index contributed by atoms with van der Waals surface area (Å²) in [4.78, 5) is 28.2. The Morgan fingerprint density at radius 3 is 2.86 bits per heavy atom. The van der Waals surface area contributed by atoms with E-state index in [1.54, 1.807) is 32.2 Å². The Bertz CT molecular complexity index is 951. The summed E-state index contributed by atoms with van der Waals surface area (Å²) < 4.78 is 15.5. The highest BCUT2D eigenvalue weighted by molar-refractivity contribution is 5.91. The summed E-state index contributed by atoms with van der Waals surface area (Å²) in [5.74, 6) is 1.18. The van der Waals surface area contributed by atoms with Crippen LogP contribution in [-0.4, -0.2) is 35.6 Å². The van der Waals surface area contributed by atoms with Crippen molar-refractivity contribution in [3.8, 4) is 17.1 Å². The second-order valence-corrected chi connectivity index (χ2v) is 6.31. The minimum Gasteiger partial charge on any atom is -0.497 e. The van der Waals surface area contributed by atoms with E-state index < -0.39 is 6.04 Å². The minimum atomic E-state index is -0.438. The number of aromatic nitrogens is 2. The zero-order valence-corrected chi connectivity index (χ0v) is 16.2. The van der Waals surface area contributed by atoms with Gasteiger partial charge in [0.1, 0.15) is 11.8 Å².